The Kier molecular flexibility index (Phi) is 6.35. The molecule has 0 saturated carbocycles. The third-order valence-corrected chi connectivity index (χ3v) is 4.51. The molecule has 2 rings (SSSR count). The zero-order chi connectivity index (χ0) is 18.6. The average Bonchev–Trinajstić information content (AvgIpc) is 3.15. The summed E-state index contributed by atoms with van der Waals surface area (Å²) >= 11 is 3.39. The maximum absolute atomic E-state index is 12.6. The van der Waals surface area contributed by atoms with Crippen molar-refractivity contribution in [3.05, 3.63) is 28.3 Å². The number of rotatable bonds is 7. The number of anilines is 1. The summed E-state index contributed by atoms with van der Waals surface area (Å²) in [5.41, 5.74) is 1.42. The molecule has 8 nitrogen and oxygen atoms in total. The van der Waals surface area contributed by atoms with Crippen LogP contribution in [0, 0.1) is 6.92 Å². The van der Waals surface area contributed by atoms with Gasteiger partial charge >= 0.3 is 0 Å². The Balaban J connectivity index is 2.19. The Hall–Kier alpha value is -2.16. The van der Waals surface area contributed by atoms with Gasteiger partial charge in [0.1, 0.15) is 6.04 Å². The van der Waals surface area contributed by atoms with Crippen molar-refractivity contribution < 1.29 is 9.59 Å². The van der Waals surface area contributed by atoms with Gasteiger partial charge in [0.15, 0.2) is 5.69 Å². The number of hydrogen-bond acceptors (Lipinski definition) is 4. The molecule has 2 aromatic heterocycles. The Morgan fingerprint density at radius 3 is 2.56 bits per heavy atom. The second-order valence-corrected chi connectivity index (χ2v) is 6.56. The highest BCUT2D eigenvalue weighted by Gasteiger charge is 2.22. The van der Waals surface area contributed by atoms with E-state index in [1.54, 1.807) is 28.7 Å². The van der Waals surface area contributed by atoms with Gasteiger partial charge in [-0.15, -0.1) is 0 Å². The summed E-state index contributed by atoms with van der Waals surface area (Å²) in [5.74, 6) is -0.565. The predicted octanol–water partition coefficient (Wildman–Crippen LogP) is 2.51. The highest BCUT2D eigenvalue weighted by Crippen LogP contribution is 2.19. The van der Waals surface area contributed by atoms with Crippen molar-refractivity contribution in [3.8, 4) is 0 Å². The molecular formula is C16H23BrN6O2. The molecule has 0 aliphatic heterocycles. The summed E-state index contributed by atoms with van der Waals surface area (Å²) in [4.78, 5) is 24.8. The standard InChI is InChI=1S/C16H23BrN6O2/c1-5-7-18-16(25)14-13(9-22(6-2)21-14)19-15(24)11(4)23-8-12(17)10(3)20-23/h8-9,11H,5-7H2,1-4H3,(H,18,25)(H,19,24)/t11-/m0/s1. The van der Waals surface area contributed by atoms with Crippen molar-refractivity contribution >= 4 is 33.4 Å². The summed E-state index contributed by atoms with van der Waals surface area (Å²) in [6.07, 6.45) is 4.24. The van der Waals surface area contributed by atoms with Gasteiger partial charge in [-0.1, -0.05) is 6.92 Å². The van der Waals surface area contributed by atoms with Gasteiger partial charge in [0.2, 0.25) is 5.91 Å². The normalized spacial score (nSPS) is 12.0. The lowest BCUT2D eigenvalue weighted by Crippen LogP contribution is -2.28. The lowest BCUT2D eigenvalue weighted by molar-refractivity contribution is -0.119. The van der Waals surface area contributed by atoms with Gasteiger partial charge in [0.25, 0.3) is 5.91 Å². The number of hydrogen-bond donors (Lipinski definition) is 2. The minimum absolute atomic E-state index is 0.216. The molecule has 0 aliphatic rings. The number of halogens is 1. The number of carbonyl (C=O) groups excluding carboxylic acids is 2. The second kappa shape index (κ2) is 8.28. The van der Waals surface area contributed by atoms with E-state index in [0.29, 0.717) is 18.8 Å². The van der Waals surface area contributed by atoms with Crippen molar-refractivity contribution in [2.45, 2.75) is 46.7 Å². The maximum atomic E-state index is 12.6. The molecule has 0 unspecified atom stereocenters. The largest absolute Gasteiger partial charge is 0.351 e. The minimum Gasteiger partial charge on any atom is -0.351 e. The third kappa shape index (κ3) is 4.47. The molecule has 136 valence electrons. The highest BCUT2D eigenvalue weighted by molar-refractivity contribution is 9.10. The van der Waals surface area contributed by atoms with Crippen LogP contribution in [0.2, 0.25) is 0 Å². The summed E-state index contributed by atoms with van der Waals surface area (Å²) in [6.45, 7) is 8.65. The maximum Gasteiger partial charge on any atom is 0.273 e. The molecule has 2 aromatic rings. The third-order valence-electron chi connectivity index (χ3n) is 3.73. The molecular weight excluding hydrogens is 388 g/mol. The first-order valence-corrected chi connectivity index (χ1v) is 9.04. The van der Waals surface area contributed by atoms with E-state index in [-0.39, 0.29) is 17.5 Å². The zero-order valence-corrected chi connectivity index (χ0v) is 16.4. The molecule has 2 heterocycles. The van der Waals surface area contributed by atoms with Crippen molar-refractivity contribution in [2.75, 3.05) is 11.9 Å². The molecule has 0 saturated heterocycles. The van der Waals surface area contributed by atoms with Crippen molar-refractivity contribution in [1.29, 1.82) is 0 Å². The SMILES string of the molecule is CCCNC(=O)c1nn(CC)cc1NC(=O)[C@H](C)n1cc(Br)c(C)n1. The second-order valence-electron chi connectivity index (χ2n) is 5.71. The van der Waals surface area contributed by atoms with E-state index in [2.05, 4.69) is 36.8 Å². The monoisotopic (exact) mass is 410 g/mol. The van der Waals surface area contributed by atoms with E-state index in [0.717, 1.165) is 16.6 Å². The Morgan fingerprint density at radius 1 is 1.28 bits per heavy atom. The summed E-state index contributed by atoms with van der Waals surface area (Å²) in [5, 5.41) is 14.1. The van der Waals surface area contributed by atoms with Crippen LogP contribution in [-0.2, 0) is 11.3 Å². The van der Waals surface area contributed by atoms with Gasteiger partial charge in [-0.05, 0) is 43.1 Å². The van der Waals surface area contributed by atoms with Crippen LogP contribution in [0.15, 0.2) is 16.9 Å². The summed E-state index contributed by atoms with van der Waals surface area (Å²) in [6, 6.07) is -0.526. The fourth-order valence-electron chi connectivity index (χ4n) is 2.18. The molecule has 0 fully saturated rings. The van der Waals surface area contributed by atoms with Gasteiger partial charge in [-0.2, -0.15) is 10.2 Å². The van der Waals surface area contributed by atoms with Gasteiger partial charge in [0.05, 0.1) is 15.9 Å². The number of nitrogens with zero attached hydrogens (tertiary/aromatic N) is 4. The van der Waals surface area contributed by atoms with Crippen molar-refractivity contribution in [3.63, 3.8) is 0 Å². The predicted molar refractivity (Wildman–Crippen MR) is 98.5 cm³/mol. The molecule has 1 atom stereocenters. The van der Waals surface area contributed by atoms with Crippen LogP contribution in [-0.4, -0.2) is 37.9 Å². The first-order chi connectivity index (χ1) is 11.9. The first kappa shape index (κ1) is 19.2. The fourth-order valence-corrected chi connectivity index (χ4v) is 2.47. The van der Waals surface area contributed by atoms with Crippen LogP contribution in [0.5, 0.6) is 0 Å². The van der Waals surface area contributed by atoms with Crippen LogP contribution < -0.4 is 10.6 Å². The van der Waals surface area contributed by atoms with Gasteiger partial charge in [0, 0.05) is 25.5 Å². The van der Waals surface area contributed by atoms with Crippen LogP contribution in [0.1, 0.15) is 49.4 Å². The van der Waals surface area contributed by atoms with E-state index >= 15 is 0 Å². The number of carbonyl (C=O) groups is 2. The Morgan fingerprint density at radius 2 is 2.00 bits per heavy atom. The average molecular weight is 411 g/mol. The zero-order valence-electron chi connectivity index (χ0n) is 14.8. The van der Waals surface area contributed by atoms with E-state index in [1.165, 1.54) is 0 Å². The summed E-state index contributed by atoms with van der Waals surface area (Å²) < 4.78 is 4.04. The van der Waals surface area contributed by atoms with E-state index in [4.69, 9.17) is 0 Å². The topological polar surface area (TPSA) is 93.8 Å². The smallest absolute Gasteiger partial charge is 0.273 e. The molecule has 0 radical (unpaired) electrons. The minimum atomic E-state index is -0.526. The lowest BCUT2D eigenvalue weighted by atomic mass is 10.3. The molecule has 2 N–H and O–H groups in total. The Labute approximate surface area is 155 Å². The Bertz CT molecular complexity index is 747. The fraction of sp³-hybridized carbons (Fsp3) is 0.500. The van der Waals surface area contributed by atoms with E-state index < -0.39 is 6.04 Å². The van der Waals surface area contributed by atoms with Gasteiger partial charge in [-0.25, -0.2) is 0 Å². The van der Waals surface area contributed by atoms with Crippen LogP contribution in [0.25, 0.3) is 0 Å². The van der Waals surface area contributed by atoms with Crippen LogP contribution in [0.3, 0.4) is 0 Å². The quantitative estimate of drug-likeness (QED) is 0.732. The lowest BCUT2D eigenvalue weighted by Gasteiger charge is -2.12. The summed E-state index contributed by atoms with van der Waals surface area (Å²) in [7, 11) is 0. The van der Waals surface area contributed by atoms with Gasteiger partial charge < -0.3 is 10.6 Å². The van der Waals surface area contributed by atoms with Crippen LogP contribution >= 0.6 is 15.9 Å². The molecule has 25 heavy (non-hydrogen) atoms. The molecule has 0 aliphatic carbocycles. The van der Waals surface area contributed by atoms with E-state index in [1.807, 2.05) is 20.8 Å². The molecule has 9 heteroatoms. The van der Waals surface area contributed by atoms with Crippen molar-refractivity contribution in [2.24, 2.45) is 0 Å². The van der Waals surface area contributed by atoms with E-state index in [9.17, 15) is 9.59 Å². The highest BCUT2D eigenvalue weighted by atomic mass is 79.9. The molecule has 2 amide bonds. The molecule has 0 spiro atoms. The number of nitrogens with one attached hydrogen (secondary N) is 2. The molecule has 0 bridgehead atoms. The number of aryl methyl sites for hydroxylation is 2. The number of amides is 2. The first-order valence-electron chi connectivity index (χ1n) is 8.25. The number of aromatic nitrogens is 4. The van der Waals surface area contributed by atoms with Gasteiger partial charge in [-0.3, -0.25) is 19.0 Å². The van der Waals surface area contributed by atoms with Crippen molar-refractivity contribution in [1.82, 2.24) is 24.9 Å². The molecule has 0 aromatic carbocycles. The van der Waals surface area contributed by atoms with Crippen LogP contribution in [0.4, 0.5) is 5.69 Å².